The molecule has 2 heterocycles. The topological polar surface area (TPSA) is 42.0 Å². The molecule has 3 nitrogen and oxygen atoms in total. The highest BCUT2D eigenvalue weighted by atomic mass is 16.1. The first kappa shape index (κ1) is 6.34. The summed E-state index contributed by atoms with van der Waals surface area (Å²) in [5, 5.41) is 3.11. The Morgan fingerprint density at radius 1 is 1.55 bits per heavy atom. The average Bonchev–Trinajstić information content (AvgIpc) is 2.06. The molecular formula is C8H8N2O. The number of hydrogen-bond acceptors (Lipinski definition) is 3. The number of nitrogens with one attached hydrogen (secondary N) is 1. The number of fused-ring (bicyclic) bond motifs is 1. The fourth-order valence-electron chi connectivity index (χ4n) is 1.22. The Morgan fingerprint density at radius 3 is 3.27 bits per heavy atom. The molecule has 1 aromatic heterocycles. The molecule has 0 bridgehead atoms. The predicted octanol–water partition coefficient (Wildman–Crippen LogP) is 1.08. The number of rotatable bonds is 0. The van der Waals surface area contributed by atoms with Gasteiger partial charge in [0.15, 0.2) is 5.78 Å². The van der Waals surface area contributed by atoms with E-state index < -0.39 is 0 Å². The molecule has 0 atom stereocenters. The Bertz CT molecular complexity index is 296. The quantitative estimate of drug-likeness (QED) is 0.598. The molecule has 1 aromatic rings. The maximum absolute atomic E-state index is 11.2. The van der Waals surface area contributed by atoms with Gasteiger partial charge in [0.05, 0.1) is 11.9 Å². The fraction of sp³-hybridized carbons (Fsp3) is 0.250. The van der Waals surface area contributed by atoms with Crippen molar-refractivity contribution in [2.24, 2.45) is 0 Å². The molecule has 11 heavy (non-hydrogen) atoms. The molecule has 0 saturated carbocycles. The molecule has 56 valence electrons. The SMILES string of the molecule is O=C1CCNc2cnccc21. The van der Waals surface area contributed by atoms with Crippen molar-refractivity contribution < 1.29 is 4.79 Å². The van der Waals surface area contributed by atoms with Crippen molar-refractivity contribution in [1.29, 1.82) is 0 Å². The molecule has 1 N–H and O–H groups in total. The van der Waals surface area contributed by atoms with Crippen LogP contribution in [0.15, 0.2) is 18.5 Å². The highest BCUT2D eigenvalue weighted by Gasteiger charge is 2.15. The Morgan fingerprint density at radius 2 is 2.45 bits per heavy atom. The van der Waals surface area contributed by atoms with Gasteiger partial charge in [-0.25, -0.2) is 0 Å². The van der Waals surface area contributed by atoms with Crippen LogP contribution in [0.2, 0.25) is 0 Å². The molecule has 3 heteroatoms. The van der Waals surface area contributed by atoms with Crippen molar-refractivity contribution in [1.82, 2.24) is 4.98 Å². The van der Waals surface area contributed by atoms with Crippen LogP contribution in [0.1, 0.15) is 16.8 Å². The van der Waals surface area contributed by atoms with Gasteiger partial charge in [-0.1, -0.05) is 0 Å². The zero-order valence-corrected chi connectivity index (χ0v) is 6.00. The van der Waals surface area contributed by atoms with Crippen LogP contribution in [0.4, 0.5) is 5.69 Å². The van der Waals surface area contributed by atoms with E-state index in [4.69, 9.17) is 0 Å². The van der Waals surface area contributed by atoms with E-state index in [1.165, 1.54) is 0 Å². The predicted molar refractivity (Wildman–Crippen MR) is 41.7 cm³/mol. The molecule has 0 unspecified atom stereocenters. The van der Waals surface area contributed by atoms with Crippen LogP contribution in [-0.2, 0) is 0 Å². The van der Waals surface area contributed by atoms with Crippen LogP contribution < -0.4 is 5.32 Å². The van der Waals surface area contributed by atoms with Crippen LogP contribution in [0.25, 0.3) is 0 Å². The smallest absolute Gasteiger partial charge is 0.166 e. The van der Waals surface area contributed by atoms with E-state index in [-0.39, 0.29) is 5.78 Å². The summed E-state index contributed by atoms with van der Waals surface area (Å²) in [7, 11) is 0. The summed E-state index contributed by atoms with van der Waals surface area (Å²) in [6, 6.07) is 1.75. The van der Waals surface area contributed by atoms with E-state index in [0.29, 0.717) is 6.42 Å². The zero-order chi connectivity index (χ0) is 7.68. The minimum atomic E-state index is 0.209. The molecular weight excluding hydrogens is 140 g/mol. The average molecular weight is 148 g/mol. The summed E-state index contributed by atoms with van der Waals surface area (Å²) in [4.78, 5) is 15.1. The van der Waals surface area contributed by atoms with Gasteiger partial charge in [-0.15, -0.1) is 0 Å². The molecule has 1 aliphatic rings. The first-order valence-corrected chi connectivity index (χ1v) is 3.59. The summed E-state index contributed by atoms with van der Waals surface area (Å²) in [5.74, 6) is 0.209. The van der Waals surface area contributed by atoms with Crippen LogP contribution in [0.5, 0.6) is 0 Å². The van der Waals surface area contributed by atoms with Crippen molar-refractivity contribution >= 4 is 11.5 Å². The number of Topliss-reactive ketones (excluding diaryl/α,β-unsaturated/α-hetero) is 1. The Kier molecular flexibility index (Phi) is 1.35. The molecule has 0 fully saturated rings. The zero-order valence-electron chi connectivity index (χ0n) is 6.00. The van der Waals surface area contributed by atoms with Crippen molar-refractivity contribution in [3.8, 4) is 0 Å². The highest BCUT2D eigenvalue weighted by molar-refractivity contribution is 6.02. The summed E-state index contributed by atoms with van der Waals surface area (Å²) in [6.45, 7) is 0.734. The normalized spacial score (nSPS) is 15.5. The third kappa shape index (κ3) is 0.981. The van der Waals surface area contributed by atoms with Gasteiger partial charge in [0, 0.05) is 24.7 Å². The lowest BCUT2D eigenvalue weighted by atomic mass is 10.0. The molecule has 0 aromatic carbocycles. The fourth-order valence-corrected chi connectivity index (χ4v) is 1.22. The van der Waals surface area contributed by atoms with Crippen LogP contribution >= 0.6 is 0 Å². The van der Waals surface area contributed by atoms with Gasteiger partial charge in [0.25, 0.3) is 0 Å². The van der Waals surface area contributed by atoms with Crippen LogP contribution in [0.3, 0.4) is 0 Å². The second-order valence-corrected chi connectivity index (χ2v) is 2.52. The Hall–Kier alpha value is -1.38. The maximum atomic E-state index is 11.2. The lowest BCUT2D eigenvalue weighted by Crippen LogP contribution is -2.17. The van der Waals surface area contributed by atoms with E-state index in [0.717, 1.165) is 17.8 Å². The number of anilines is 1. The first-order valence-electron chi connectivity index (χ1n) is 3.59. The monoisotopic (exact) mass is 148 g/mol. The van der Waals surface area contributed by atoms with Crippen molar-refractivity contribution in [2.45, 2.75) is 6.42 Å². The third-order valence-electron chi connectivity index (χ3n) is 1.79. The van der Waals surface area contributed by atoms with Gasteiger partial charge in [-0.2, -0.15) is 0 Å². The van der Waals surface area contributed by atoms with E-state index in [1.807, 2.05) is 0 Å². The van der Waals surface area contributed by atoms with Gasteiger partial charge in [0.1, 0.15) is 0 Å². The molecule has 0 aliphatic carbocycles. The van der Waals surface area contributed by atoms with Crippen molar-refractivity contribution in [3.63, 3.8) is 0 Å². The third-order valence-corrected chi connectivity index (χ3v) is 1.79. The van der Waals surface area contributed by atoms with E-state index in [1.54, 1.807) is 18.5 Å². The number of nitrogens with zero attached hydrogens (tertiary/aromatic N) is 1. The summed E-state index contributed by atoms with van der Waals surface area (Å²) in [5.41, 5.74) is 1.63. The number of carbonyl (C=O) groups is 1. The molecule has 0 saturated heterocycles. The largest absolute Gasteiger partial charge is 0.383 e. The second-order valence-electron chi connectivity index (χ2n) is 2.52. The minimum absolute atomic E-state index is 0.209. The van der Waals surface area contributed by atoms with Gasteiger partial charge < -0.3 is 5.32 Å². The number of carbonyl (C=O) groups excluding carboxylic acids is 1. The first-order chi connectivity index (χ1) is 5.38. The Balaban J connectivity index is 2.52. The molecule has 0 spiro atoms. The molecule has 1 aliphatic heterocycles. The van der Waals surface area contributed by atoms with E-state index >= 15 is 0 Å². The molecule has 0 radical (unpaired) electrons. The minimum Gasteiger partial charge on any atom is -0.383 e. The molecule has 2 rings (SSSR count). The number of ketones is 1. The Labute approximate surface area is 64.5 Å². The maximum Gasteiger partial charge on any atom is 0.166 e. The highest BCUT2D eigenvalue weighted by Crippen LogP contribution is 2.18. The van der Waals surface area contributed by atoms with Crippen molar-refractivity contribution in [3.05, 3.63) is 24.0 Å². The van der Waals surface area contributed by atoms with Crippen molar-refractivity contribution in [2.75, 3.05) is 11.9 Å². The van der Waals surface area contributed by atoms with Gasteiger partial charge in [-0.3, -0.25) is 9.78 Å². The van der Waals surface area contributed by atoms with E-state index in [9.17, 15) is 4.79 Å². The number of aromatic nitrogens is 1. The van der Waals surface area contributed by atoms with Crippen LogP contribution in [0, 0.1) is 0 Å². The lowest BCUT2D eigenvalue weighted by molar-refractivity contribution is 0.0983. The summed E-state index contributed by atoms with van der Waals surface area (Å²) >= 11 is 0. The second kappa shape index (κ2) is 2.34. The summed E-state index contributed by atoms with van der Waals surface area (Å²) < 4.78 is 0. The number of pyridine rings is 1. The molecule has 0 amide bonds. The van der Waals surface area contributed by atoms with E-state index in [2.05, 4.69) is 10.3 Å². The van der Waals surface area contributed by atoms with Gasteiger partial charge in [-0.05, 0) is 6.07 Å². The standard InChI is InChI=1S/C8H8N2O/c11-8-2-4-10-7-5-9-3-1-6(7)8/h1,3,5,10H,2,4H2. The number of hydrogen-bond donors (Lipinski definition) is 1. The van der Waals surface area contributed by atoms with Gasteiger partial charge in [0.2, 0.25) is 0 Å². The summed E-state index contributed by atoms with van der Waals surface area (Å²) in [6.07, 6.45) is 3.92. The van der Waals surface area contributed by atoms with Gasteiger partial charge >= 0.3 is 0 Å². The van der Waals surface area contributed by atoms with Crippen LogP contribution in [-0.4, -0.2) is 17.3 Å². The lowest BCUT2D eigenvalue weighted by Gasteiger charge is -2.14.